The Bertz CT molecular complexity index is 969. The summed E-state index contributed by atoms with van der Waals surface area (Å²) in [5.41, 5.74) is 0.320. The number of halogens is 3. The van der Waals surface area contributed by atoms with Crippen molar-refractivity contribution in [2.75, 3.05) is 24.3 Å². The SMILES string of the molecule is CN(C)c1ncccc1C(=O)Nc1nc(-c2cccc(C(F)(F)F)c2)cs1. The van der Waals surface area contributed by atoms with Crippen molar-refractivity contribution in [3.05, 3.63) is 59.1 Å². The Labute approximate surface area is 157 Å². The largest absolute Gasteiger partial charge is 0.416 e. The molecule has 1 aromatic carbocycles. The molecule has 0 spiro atoms. The second kappa shape index (κ2) is 7.36. The minimum absolute atomic E-state index is 0.293. The molecule has 0 fully saturated rings. The van der Waals surface area contributed by atoms with Crippen molar-refractivity contribution in [3.8, 4) is 11.3 Å². The predicted molar refractivity (Wildman–Crippen MR) is 99.1 cm³/mol. The number of alkyl halides is 3. The van der Waals surface area contributed by atoms with E-state index < -0.39 is 17.6 Å². The van der Waals surface area contributed by atoms with Crippen LogP contribution in [0.4, 0.5) is 24.1 Å². The standard InChI is InChI=1S/C18H15F3N4OS/c1-25(2)15-13(7-4-8-22-15)16(26)24-17-23-14(10-27-17)11-5-3-6-12(9-11)18(19,20)21/h3-10H,1-2H3,(H,23,24,26). The van der Waals surface area contributed by atoms with Crippen LogP contribution in [0.3, 0.4) is 0 Å². The summed E-state index contributed by atoms with van der Waals surface area (Å²) in [5, 5.41) is 4.56. The molecule has 2 aromatic heterocycles. The van der Waals surface area contributed by atoms with Crippen LogP contribution in [0.2, 0.25) is 0 Å². The van der Waals surface area contributed by atoms with Gasteiger partial charge in [-0.3, -0.25) is 10.1 Å². The Hall–Kier alpha value is -2.94. The molecule has 0 saturated carbocycles. The first-order chi connectivity index (χ1) is 12.8. The van der Waals surface area contributed by atoms with E-state index in [1.54, 1.807) is 48.8 Å². The number of carbonyl (C=O) groups excluding carboxylic acids is 1. The van der Waals surface area contributed by atoms with E-state index in [9.17, 15) is 18.0 Å². The van der Waals surface area contributed by atoms with Crippen molar-refractivity contribution in [2.45, 2.75) is 6.18 Å². The Morgan fingerprint density at radius 3 is 2.67 bits per heavy atom. The summed E-state index contributed by atoms with van der Waals surface area (Å²) in [6.45, 7) is 0. The summed E-state index contributed by atoms with van der Waals surface area (Å²) in [4.78, 5) is 22.6. The molecule has 9 heteroatoms. The van der Waals surface area contributed by atoms with Gasteiger partial charge >= 0.3 is 6.18 Å². The van der Waals surface area contributed by atoms with Crippen LogP contribution in [0.1, 0.15) is 15.9 Å². The summed E-state index contributed by atoms with van der Waals surface area (Å²) in [7, 11) is 3.54. The monoisotopic (exact) mass is 392 g/mol. The summed E-state index contributed by atoms with van der Waals surface area (Å²) in [6.07, 6.45) is -2.84. The van der Waals surface area contributed by atoms with Crippen molar-refractivity contribution >= 4 is 28.2 Å². The van der Waals surface area contributed by atoms with Crippen LogP contribution in [-0.2, 0) is 6.18 Å². The van der Waals surface area contributed by atoms with Crippen LogP contribution in [0, 0.1) is 0 Å². The maximum Gasteiger partial charge on any atom is 0.416 e. The lowest BCUT2D eigenvalue weighted by Crippen LogP contribution is -2.19. The number of aromatic nitrogens is 2. The van der Waals surface area contributed by atoms with Crippen LogP contribution >= 0.6 is 11.3 Å². The van der Waals surface area contributed by atoms with E-state index in [0.717, 1.165) is 23.5 Å². The Morgan fingerprint density at radius 2 is 1.96 bits per heavy atom. The van der Waals surface area contributed by atoms with Crippen molar-refractivity contribution in [2.24, 2.45) is 0 Å². The molecule has 3 aromatic rings. The van der Waals surface area contributed by atoms with E-state index in [-0.39, 0.29) is 0 Å². The molecule has 0 aliphatic carbocycles. The zero-order valence-corrected chi connectivity index (χ0v) is 15.2. The van der Waals surface area contributed by atoms with Crippen LogP contribution in [-0.4, -0.2) is 30.0 Å². The van der Waals surface area contributed by atoms with E-state index in [1.807, 2.05) is 0 Å². The normalized spacial score (nSPS) is 11.3. The molecule has 3 rings (SSSR count). The lowest BCUT2D eigenvalue weighted by atomic mass is 10.1. The van der Waals surface area contributed by atoms with Gasteiger partial charge in [0.15, 0.2) is 5.13 Å². The number of nitrogens with zero attached hydrogens (tertiary/aromatic N) is 3. The fraction of sp³-hybridized carbons (Fsp3) is 0.167. The molecule has 27 heavy (non-hydrogen) atoms. The van der Waals surface area contributed by atoms with Crippen LogP contribution in [0.15, 0.2) is 48.0 Å². The van der Waals surface area contributed by atoms with Gasteiger partial charge in [0.1, 0.15) is 5.82 Å². The molecule has 0 bridgehead atoms. The Balaban J connectivity index is 1.82. The maximum atomic E-state index is 12.9. The summed E-state index contributed by atoms with van der Waals surface area (Å²) in [5.74, 6) is 0.112. The van der Waals surface area contributed by atoms with Crippen molar-refractivity contribution in [1.82, 2.24) is 9.97 Å². The topological polar surface area (TPSA) is 58.1 Å². The highest BCUT2D eigenvalue weighted by molar-refractivity contribution is 7.14. The highest BCUT2D eigenvalue weighted by Gasteiger charge is 2.30. The molecule has 140 valence electrons. The number of carbonyl (C=O) groups is 1. The van der Waals surface area contributed by atoms with Gasteiger partial charge in [-0.15, -0.1) is 11.3 Å². The van der Waals surface area contributed by atoms with Gasteiger partial charge in [-0.2, -0.15) is 13.2 Å². The molecule has 0 atom stereocenters. The smallest absolute Gasteiger partial charge is 0.362 e. The maximum absolute atomic E-state index is 12.9. The molecule has 0 saturated heterocycles. The molecule has 0 aliphatic heterocycles. The lowest BCUT2D eigenvalue weighted by Gasteiger charge is -2.14. The number of thiazole rings is 1. The van der Waals surface area contributed by atoms with Crippen molar-refractivity contribution < 1.29 is 18.0 Å². The second-order valence-electron chi connectivity index (χ2n) is 5.84. The lowest BCUT2D eigenvalue weighted by molar-refractivity contribution is -0.137. The van der Waals surface area contributed by atoms with Crippen LogP contribution in [0.5, 0.6) is 0 Å². The summed E-state index contributed by atoms with van der Waals surface area (Å²) >= 11 is 1.14. The van der Waals surface area contributed by atoms with Gasteiger partial charge in [-0.05, 0) is 24.3 Å². The number of hydrogen-bond acceptors (Lipinski definition) is 5. The van der Waals surface area contributed by atoms with E-state index in [4.69, 9.17) is 0 Å². The second-order valence-corrected chi connectivity index (χ2v) is 6.70. The summed E-state index contributed by atoms with van der Waals surface area (Å²) < 4.78 is 38.6. The first kappa shape index (κ1) is 18.8. The average Bonchev–Trinajstić information content (AvgIpc) is 3.09. The van der Waals surface area contributed by atoms with Gasteiger partial charge in [0, 0.05) is 31.2 Å². The number of anilines is 2. The minimum atomic E-state index is -4.42. The quantitative estimate of drug-likeness (QED) is 0.708. The van der Waals surface area contributed by atoms with Gasteiger partial charge in [-0.1, -0.05) is 12.1 Å². The molecule has 2 heterocycles. The molecule has 1 N–H and O–H groups in total. The number of hydrogen-bond donors (Lipinski definition) is 1. The highest BCUT2D eigenvalue weighted by Crippen LogP contribution is 2.33. The third kappa shape index (κ3) is 4.25. The van der Waals surface area contributed by atoms with Gasteiger partial charge in [0.2, 0.25) is 0 Å². The van der Waals surface area contributed by atoms with Gasteiger partial charge in [-0.25, -0.2) is 9.97 Å². The van der Waals surface area contributed by atoms with Crippen molar-refractivity contribution in [3.63, 3.8) is 0 Å². The van der Waals surface area contributed by atoms with Crippen LogP contribution in [0.25, 0.3) is 11.3 Å². The molecule has 0 radical (unpaired) electrons. The molecule has 1 amide bonds. The fourth-order valence-corrected chi connectivity index (χ4v) is 3.13. The molecular weight excluding hydrogens is 377 g/mol. The molecular formula is C18H15F3N4OS. The summed E-state index contributed by atoms with van der Waals surface area (Å²) in [6, 6.07) is 8.20. The van der Waals surface area contributed by atoms with E-state index in [2.05, 4.69) is 15.3 Å². The number of benzene rings is 1. The third-order valence-electron chi connectivity index (χ3n) is 3.67. The van der Waals surface area contributed by atoms with E-state index in [0.29, 0.717) is 27.8 Å². The fourth-order valence-electron chi connectivity index (χ4n) is 2.41. The number of nitrogens with one attached hydrogen (secondary N) is 1. The average molecular weight is 392 g/mol. The van der Waals surface area contributed by atoms with Gasteiger partial charge < -0.3 is 4.90 Å². The zero-order valence-electron chi connectivity index (χ0n) is 14.4. The van der Waals surface area contributed by atoms with Crippen LogP contribution < -0.4 is 10.2 Å². The van der Waals surface area contributed by atoms with E-state index >= 15 is 0 Å². The number of rotatable bonds is 4. The minimum Gasteiger partial charge on any atom is -0.362 e. The first-order valence-corrected chi connectivity index (χ1v) is 8.70. The number of pyridine rings is 1. The Morgan fingerprint density at radius 1 is 1.19 bits per heavy atom. The van der Waals surface area contributed by atoms with Crippen molar-refractivity contribution in [1.29, 1.82) is 0 Å². The third-order valence-corrected chi connectivity index (χ3v) is 4.42. The Kier molecular flexibility index (Phi) is 5.13. The molecule has 5 nitrogen and oxygen atoms in total. The predicted octanol–water partition coefficient (Wildman–Crippen LogP) is 4.54. The van der Waals surface area contributed by atoms with E-state index in [1.165, 1.54) is 6.07 Å². The molecule has 0 unspecified atom stereocenters. The molecule has 0 aliphatic rings. The first-order valence-electron chi connectivity index (χ1n) is 7.82. The highest BCUT2D eigenvalue weighted by atomic mass is 32.1. The van der Waals surface area contributed by atoms with Gasteiger partial charge in [0.05, 0.1) is 16.8 Å². The number of amides is 1. The zero-order chi connectivity index (χ0) is 19.6. The van der Waals surface area contributed by atoms with Gasteiger partial charge in [0.25, 0.3) is 5.91 Å².